The third-order valence-corrected chi connectivity index (χ3v) is 4.15. The van der Waals surface area contributed by atoms with Gasteiger partial charge in [-0.25, -0.2) is 0 Å². The Morgan fingerprint density at radius 1 is 0.958 bits per heavy atom. The lowest BCUT2D eigenvalue weighted by Gasteiger charge is -2.14. The Balaban J connectivity index is 1.71. The lowest BCUT2D eigenvalue weighted by atomic mass is 10.1. The molecule has 3 N–H and O–H groups in total. The van der Waals surface area contributed by atoms with E-state index < -0.39 is 0 Å². The molecule has 0 fully saturated rings. The van der Waals surface area contributed by atoms with E-state index in [1.54, 1.807) is 6.07 Å². The highest BCUT2D eigenvalue weighted by Gasteiger charge is 2.09. The van der Waals surface area contributed by atoms with Crippen LogP contribution in [0.1, 0.15) is 18.5 Å². The normalized spacial score (nSPS) is 11.6. The van der Waals surface area contributed by atoms with E-state index in [0.717, 1.165) is 10.0 Å². The summed E-state index contributed by atoms with van der Waals surface area (Å²) in [6, 6.07) is 17.2. The first-order chi connectivity index (χ1) is 11.6. The molecule has 0 bridgehead atoms. The maximum atomic E-state index is 11.9. The minimum Gasteiger partial charge on any atom is -0.346 e. The summed E-state index contributed by atoms with van der Waals surface area (Å²) in [5.74, 6) is -0.494. The number of hydrogen-bond acceptors (Lipinski definition) is 3. The van der Waals surface area contributed by atoms with E-state index in [1.165, 1.54) is 0 Å². The minimum absolute atomic E-state index is 0.0612. The molecule has 2 rings (SSSR count). The fourth-order valence-corrected chi connectivity index (χ4v) is 2.49. The number of rotatable bonds is 7. The second-order valence-corrected chi connectivity index (χ2v) is 6.17. The van der Waals surface area contributed by atoms with Gasteiger partial charge in [0.05, 0.1) is 18.8 Å². The van der Waals surface area contributed by atoms with Gasteiger partial charge in [-0.15, -0.1) is 0 Å². The predicted molar refractivity (Wildman–Crippen MR) is 98.6 cm³/mol. The van der Waals surface area contributed by atoms with E-state index in [0.29, 0.717) is 5.69 Å². The SMILES string of the molecule is C[C@H](NCC(=O)NCC(=O)Nc1ccccc1Br)c1ccccc1. The number of benzene rings is 2. The second-order valence-electron chi connectivity index (χ2n) is 5.32. The number of para-hydroxylation sites is 1. The highest BCUT2D eigenvalue weighted by atomic mass is 79.9. The van der Waals surface area contributed by atoms with E-state index in [4.69, 9.17) is 0 Å². The molecule has 24 heavy (non-hydrogen) atoms. The van der Waals surface area contributed by atoms with Crippen molar-refractivity contribution in [1.82, 2.24) is 10.6 Å². The molecule has 126 valence electrons. The zero-order chi connectivity index (χ0) is 17.4. The maximum Gasteiger partial charge on any atom is 0.243 e. The van der Waals surface area contributed by atoms with Crippen molar-refractivity contribution in [3.05, 3.63) is 64.6 Å². The fourth-order valence-electron chi connectivity index (χ4n) is 2.10. The summed E-state index contributed by atoms with van der Waals surface area (Å²) in [6.45, 7) is 2.07. The van der Waals surface area contributed by atoms with Crippen LogP contribution < -0.4 is 16.0 Å². The summed E-state index contributed by atoms with van der Waals surface area (Å²) in [5.41, 5.74) is 1.78. The molecular weight excluding hydrogens is 370 g/mol. The Labute approximate surface area is 150 Å². The van der Waals surface area contributed by atoms with Crippen molar-refractivity contribution in [2.24, 2.45) is 0 Å². The zero-order valence-corrected chi connectivity index (χ0v) is 15.0. The molecule has 0 unspecified atom stereocenters. The first kappa shape index (κ1) is 18.2. The van der Waals surface area contributed by atoms with E-state index in [2.05, 4.69) is 31.9 Å². The molecule has 0 aliphatic rings. The van der Waals surface area contributed by atoms with Crippen LogP contribution in [0.4, 0.5) is 5.69 Å². The van der Waals surface area contributed by atoms with Crippen LogP contribution in [0.3, 0.4) is 0 Å². The minimum atomic E-state index is -0.272. The molecule has 0 aliphatic heterocycles. The van der Waals surface area contributed by atoms with Crippen LogP contribution in [0.5, 0.6) is 0 Å². The highest BCUT2D eigenvalue weighted by Crippen LogP contribution is 2.20. The van der Waals surface area contributed by atoms with Crippen LogP contribution in [-0.4, -0.2) is 24.9 Å². The van der Waals surface area contributed by atoms with Crippen LogP contribution in [-0.2, 0) is 9.59 Å². The van der Waals surface area contributed by atoms with Crippen molar-refractivity contribution in [3.63, 3.8) is 0 Å². The first-order valence-corrected chi connectivity index (χ1v) is 8.45. The molecule has 1 atom stereocenters. The van der Waals surface area contributed by atoms with Crippen LogP contribution in [0.15, 0.2) is 59.1 Å². The van der Waals surface area contributed by atoms with Gasteiger partial charge in [0.2, 0.25) is 11.8 Å². The number of carbonyl (C=O) groups is 2. The largest absolute Gasteiger partial charge is 0.346 e. The summed E-state index contributed by atoms with van der Waals surface area (Å²) in [6.07, 6.45) is 0. The Bertz CT molecular complexity index is 692. The lowest BCUT2D eigenvalue weighted by Crippen LogP contribution is -2.39. The number of hydrogen-bond donors (Lipinski definition) is 3. The second kappa shape index (κ2) is 9.20. The van der Waals surface area contributed by atoms with Gasteiger partial charge in [0.25, 0.3) is 0 Å². The lowest BCUT2D eigenvalue weighted by molar-refractivity contribution is -0.123. The molecule has 6 heteroatoms. The Morgan fingerprint density at radius 3 is 2.33 bits per heavy atom. The van der Waals surface area contributed by atoms with Gasteiger partial charge in [-0.05, 0) is 40.5 Å². The average Bonchev–Trinajstić information content (AvgIpc) is 2.60. The van der Waals surface area contributed by atoms with Crippen molar-refractivity contribution in [3.8, 4) is 0 Å². The number of carbonyl (C=O) groups excluding carboxylic acids is 2. The molecule has 0 aliphatic carbocycles. The molecule has 0 spiro atoms. The first-order valence-electron chi connectivity index (χ1n) is 7.65. The maximum absolute atomic E-state index is 11.9. The van der Waals surface area contributed by atoms with Crippen LogP contribution in [0, 0.1) is 0 Å². The molecule has 2 amide bonds. The van der Waals surface area contributed by atoms with Gasteiger partial charge in [0, 0.05) is 10.5 Å². The Morgan fingerprint density at radius 2 is 1.62 bits per heavy atom. The number of halogens is 1. The van der Waals surface area contributed by atoms with Crippen molar-refractivity contribution in [2.75, 3.05) is 18.4 Å². The Hall–Kier alpha value is -2.18. The van der Waals surface area contributed by atoms with Gasteiger partial charge in [-0.3, -0.25) is 9.59 Å². The molecule has 0 saturated heterocycles. The molecule has 0 heterocycles. The van der Waals surface area contributed by atoms with Crippen molar-refractivity contribution in [2.45, 2.75) is 13.0 Å². The summed E-state index contributed by atoms with van der Waals surface area (Å²) < 4.78 is 0.794. The average molecular weight is 390 g/mol. The molecule has 0 aromatic heterocycles. The third kappa shape index (κ3) is 5.79. The van der Waals surface area contributed by atoms with Gasteiger partial charge < -0.3 is 16.0 Å². The summed E-state index contributed by atoms with van der Waals surface area (Å²) in [7, 11) is 0. The quantitative estimate of drug-likeness (QED) is 0.681. The van der Waals surface area contributed by atoms with Crippen molar-refractivity contribution in [1.29, 1.82) is 0 Å². The van der Waals surface area contributed by atoms with E-state index in [-0.39, 0.29) is 30.9 Å². The smallest absolute Gasteiger partial charge is 0.243 e. The summed E-state index contributed by atoms with van der Waals surface area (Å²) >= 11 is 3.36. The molecule has 0 saturated carbocycles. The summed E-state index contributed by atoms with van der Waals surface area (Å²) in [5, 5.41) is 8.47. The topological polar surface area (TPSA) is 70.2 Å². The fraction of sp³-hybridized carbons (Fsp3) is 0.222. The van der Waals surface area contributed by atoms with E-state index in [9.17, 15) is 9.59 Å². The highest BCUT2D eigenvalue weighted by molar-refractivity contribution is 9.10. The molecular formula is C18H20BrN3O2. The van der Waals surface area contributed by atoms with Gasteiger partial charge >= 0.3 is 0 Å². The molecule has 2 aromatic rings. The predicted octanol–water partition coefficient (Wildman–Crippen LogP) is 2.85. The molecule has 0 radical (unpaired) electrons. The van der Waals surface area contributed by atoms with Gasteiger partial charge in [0.1, 0.15) is 0 Å². The molecule has 5 nitrogen and oxygen atoms in total. The van der Waals surface area contributed by atoms with Crippen LogP contribution in [0.2, 0.25) is 0 Å². The van der Waals surface area contributed by atoms with Gasteiger partial charge in [0.15, 0.2) is 0 Å². The van der Waals surface area contributed by atoms with Gasteiger partial charge in [-0.1, -0.05) is 42.5 Å². The zero-order valence-electron chi connectivity index (χ0n) is 13.4. The van der Waals surface area contributed by atoms with Crippen molar-refractivity contribution < 1.29 is 9.59 Å². The van der Waals surface area contributed by atoms with E-state index in [1.807, 2.05) is 55.5 Å². The van der Waals surface area contributed by atoms with Crippen molar-refractivity contribution >= 4 is 33.4 Å². The third-order valence-electron chi connectivity index (χ3n) is 3.46. The molecule has 2 aromatic carbocycles. The van der Waals surface area contributed by atoms with E-state index >= 15 is 0 Å². The summed E-state index contributed by atoms with van der Waals surface area (Å²) in [4.78, 5) is 23.7. The van der Waals surface area contributed by atoms with Crippen LogP contribution >= 0.6 is 15.9 Å². The number of nitrogens with one attached hydrogen (secondary N) is 3. The van der Waals surface area contributed by atoms with Crippen LogP contribution in [0.25, 0.3) is 0 Å². The van der Waals surface area contributed by atoms with Gasteiger partial charge in [-0.2, -0.15) is 0 Å². The Kier molecular flexibility index (Phi) is 6.96. The monoisotopic (exact) mass is 389 g/mol. The number of anilines is 1. The number of amides is 2. The standard InChI is InChI=1S/C18H20BrN3O2/c1-13(14-7-3-2-4-8-14)20-11-17(23)21-12-18(24)22-16-10-6-5-9-15(16)19/h2-10,13,20H,11-12H2,1H3,(H,21,23)(H,22,24)/t13-/m0/s1.